The van der Waals surface area contributed by atoms with Gasteiger partial charge in [0, 0.05) is 17.2 Å². The number of para-hydroxylation sites is 1. The normalized spacial score (nSPS) is 11.1. The highest BCUT2D eigenvalue weighted by molar-refractivity contribution is 7.99. The molecule has 0 unspecified atom stereocenters. The van der Waals surface area contributed by atoms with Gasteiger partial charge in [-0.05, 0) is 55.5 Å². The number of nitrogens with one attached hydrogen (secondary N) is 1. The molecule has 0 radical (unpaired) electrons. The molecule has 1 amide bonds. The van der Waals surface area contributed by atoms with Crippen LogP contribution in [0.3, 0.4) is 0 Å². The number of ether oxygens (including phenoxy) is 1. The number of thioether (sulfide) groups is 1. The molecule has 0 atom stereocenters. The monoisotopic (exact) mass is 470 g/mol. The summed E-state index contributed by atoms with van der Waals surface area (Å²) in [7, 11) is -2.42. The molecule has 0 saturated carbocycles. The summed E-state index contributed by atoms with van der Waals surface area (Å²) in [5.74, 6) is 0.875. The number of carbonyl (C=O) groups excluding carboxylic acids is 1. The number of nitrogens with zero attached hydrogens (tertiary/aromatic N) is 1. The topological polar surface area (TPSA) is 75.7 Å². The Bertz CT molecular complexity index is 1120. The lowest BCUT2D eigenvalue weighted by molar-refractivity contribution is -0.119. The second kappa shape index (κ2) is 11.1. The lowest BCUT2D eigenvalue weighted by Crippen LogP contribution is -2.41. The van der Waals surface area contributed by atoms with Crippen molar-refractivity contribution < 1.29 is 17.9 Å². The van der Waals surface area contributed by atoms with Crippen LogP contribution in [-0.2, 0) is 14.8 Å². The number of amides is 1. The summed E-state index contributed by atoms with van der Waals surface area (Å²) in [6, 6.07) is 22.9. The van der Waals surface area contributed by atoms with Crippen molar-refractivity contribution in [1.82, 2.24) is 5.32 Å². The van der Waals surface area contributed by atoms with Gasteiger partial charge in [0.1, 0.15) is 12.3 Å². The number of sulfonamides is 1. The second-order valence-corrected chi connectivity index (χ2v) is 10.1. The molecular formula is C24H26N2O4S2. The average molecular weight is 471 g/mol. The predicted octanol–water partition coefficient (Wildman–Crippen LogP) is 4.11. The number of hydrogen-bond acceptors (Lipinski definition) is 5. The Morgan fingerprint density at radius 1 is 0.969 bits per heavy atom. The maximum absolute atomic E-state index is 13.3. The molecule has 6 nitrogen and oxygen atoms in total. The first-order valence-electron chi connectivity index (χ1n) is 10.1. The zero-order valence-corrected chi connectivity index (χ0v) is 19.7. The van der Waals surface area contributed by atoms with Gasteiger partial charge in [-0.2, -0.15) is 0 Å². The molecule has 0 spiro atoms. The van der Waals surface area contributed by atoms with E-state index in [1.165, 1.54) is 24.8 Å². The van der Waals surface area contributed by atoms with Crippen LogP contribution in [0.25, 0.3) is 0 Å². The van der Waals surface area contributed by atoms with Crippen LogP contribution in [0.1, 0.15) is 5.56 Å². The van der Waals surface area contributed by atoms with E-state index < -0.39 is 10.0 Å². The molecule has 0 saturated heterocycles. The van der Waals surface area contributed by atoms with Crippen molar-refractivity contribution in [3.05, 3.63) is 84.4 Å². The van der Waals surface area contributed by atoms with E-state index in [-0.39, 0.29) is 17.3 Å². The van der Waals surface area contributed by atoms with Crippen LogP contribution < -0.4 is 14.4 Å². The molecule has 0 fully saturated rings. The van der Waals surface area contributed by atoms with Gasteiger partial charge in [-0.25, -0.2) is 8.42 Å². The Morgan fingerprint density at radius 2 is 1.62 bits per heavy atom. The molecule has 0 bridgehead atoms. The van der Waals surface area contributed by atoms with E-state index in [2.05, 4.69) is 5.32 Å². The van der Waals surface area contributed by atoms with Gasteiger partial charge in [0.15, 0.2) is 0 Å². The first-order valence-corrected chi connectivity index (χ1v) is 12.5. The Labute approximate surface area is 193 Å². The largest absolute Gasteiger partial charge is 0.497 e. The molecule has 32 heavy (non-hydrogen) atoms. The molecule has 0 aromatic heterocycles. The van der Waals surface area contributed by atoms with Crippen LogP contribution in [0, 0.1) is 6.92 Å². The minimum absolute atomic E-state index is 0.0879. The lowest BCUT2D eigenvalue weighted by atomic mass is 10.2. The van der Waals surface area contributed by atoms with E-state index >= 15 is 0 Å². The molecule has 1 N–H and O–H groups in total. The fraction of sp³-hybridized carbons (Fsp3) is 0.208. The standard InChI is InChI=1S/C24H26N2O4S2/c1-19-8-12-22(13-9-19)31-17-16-25-24(27)18-26(20-6-4-3-5-7-20)32(28,29)23-14-10-21(30-2)11-15-23/h3-15H,16-18H2,1-2H3,(H,25,27). The fourth-order valence-electron chi connectivity index (χ4n) is 2.96. The Kier molecular flexibility index (Phi) is 8.19. The first kappa shape index (κ1) is 23.7. The summed E-state index contributed by atoms with van der Waals surface area (Å²) in [5, 5.41) is 2.82. The highest BCUT2D eigenvalue weighted by Crippen LogP contribution is 2.25. The number of anilines is 1. The third-order valence-electron chi connectivity index (χ3n) is 4.69. The first-order chi connectivity index (χ1) is 15.4. The van der Waals surface area contributed by atoms with Crippen molar-refractivity contribution in [2.24, 2.45) is 0 Å². The lowest BCUT2D eigenvalue weighted by Gasteiger charge is -2.24. The van der Waals surface area contributed by atoms with Crippen molar-refractivity contribution in [2.75, 3.05) is 30.3 Å². The van der Waals surface area contributed by atoms with Crippen molar-refractivity contribution in [3.8, 4) is 5.75 Å². The number of carbonyl (C=O) groups is 1. The molecular weight excluding hydrogens is 444 g/mol. The third kappa shape index (κ3) is 6.27. The molecule has 3 aromatic carbocycles. The van der Waals surface area contributed by atoms with E-state index in [9.17, 15) is 13.2 Å². The molecule has 0 aliphatic rings. The number of benzene rings is 3. The Morgan fingerprint density at radius 3 is 2.25 bits per heavy atom. The van der Waals surface area contributed by atoms with Crippen LogP contribution in [0.5, 0.6) is 5.75 Å². The molecule has 8 heteroatoms. The number of hydrogen-bond donors (Lipinski definition) is 1. The van der Waals surface area contributed by atoms with E-state index in [1.54, 1.807) is 54.2 Å². The molecule has 0 heterocycles. The average Bonchev–Trinajstić information content (AvgIpc) is 2.82. The van der Waals surface area contributed by atoms with E-state index in [4.69, 9.17) is 4.74 Å². The molecule has 3 aromatic rings. The van der Waals surface area contributed by atoms with E-state index in [0.717, 1.165) is 9.20 Å². The smallest absolute Gasteiger partial charge is 0.264 e. The van der Waals surface area contributed by atoms with Crippen molar-refractivity contribution in [2.45, 2.75) is 16.7 Å². The van der Waals surface area contributed by atoms with Gasteiger partial charge >= 0.3 is 0 Å². The van der Waals surface area contributed by atoms with Crippen molar-refractivity contribution >= 4 is 33.4 Å². The van der Waals surface area contributed by atoms with Gasteiger partial charge < -0.3 is 10.1 Å². The summed E-state index contributed by atoms with van der Waals surface area (Å²) in [4.78, 5) is 13.8. The van der Waals surface area contributed by atoms with Gasteiger partial charge in [-0.1, -0.05) is 35.9 Å². The summed E-state index contributed by atoms with van der Waals surface area (Å²) in [6.07, 6.45) is 0. The van der Waals surface area contributed by atoms with Crippen molar-refractivity contribution in [1.29, 1.82) is 0 Å². The highest BCUT2D eigenvalue weighted by atomic mass is 32.2. The summed E-state index contributed by atoms with van der Waals surface area (Å²) in [6.45, 7) is 2.16. The van der Waals surface area contributed by atoms with Crippen LogP contribution >= 0.6 is 11.8 Å². The zero-order valence-electron chi connectivity index (χ0n) is 18.0. The summed E-state index contributed by atoms with van der Waals surface area (Å²) in [5.41, 5.74) is 1.62. The molecule has 3 rings (SSSR count). The van der Waals surface area contributed by atoms with Gasteiger partial charge in [0.05, 0.1) is 17.7 Å². The highest BCUT2D eigenvalue weighted by Gasteiger charge is 2.27. The van der Waals surface area contributed by atoms with Crippen LogP contribution in [-0.4, -0.2) is 40.3 Å². The number of methoxy groups -OCH3 is 1. The fourth-order valence-corrected chi connectivity index (χ4v) is 5.15. The van der Waals surface area contributed by atoms with Gasteiger partial charge in [-0.3, -0.25) is 9.10 Å². The predicted molar refractivity (Wildman–Crippen MR) is 129 cm³/mol. The van der Waals surface area contributed by atoms with Crippen LogP contribution in [0.15, 0.2) is 88.7 Å². The molecule has 168 valence electrons. The quantitative estimate of drug-likeness (QED) is 0.357. The Hall–Kier alpha value is -2.97. The van der Waals surface area contributed by atoms with Gasteiger partial charge in [0.2, 0.25) is 5.91 Å². The van der Waals surface area contributed by atoms with Crippen LogP contribution in [0.4, 0.5) is 5.69 Å². The SMILES string of the molecule is COc1ccc(S(=O)(=O)N(CC(=O)NCCSc2ccc(C)cc2)c2ccccc2)cc1. The third-order valence-corrected chi connectivity index (χ3v) is 7.49. The summed E-state index contributed by atoms with van der Waals surface area (Å²) >= 11 is 1.63. The number of rotatable bonds is 10. The van der Waals surface area contributed by atoms with E-state index in [0.29, 0.717) is 23.7 Å². The molecule has 0 aliphatic carbocycles. The number of aryl methyl sites for hydroxylation is 1. The van der Waals surface area contributed by atoms with E-state index in [1.807, 2.05) is 31.2 Å². The maximum atomic E-state index is 13.3. The zero-order chi connectivity index (χ0) is 23.0. The van der Waals surface area contributed by atoms with Crippen molar-refractivity contribution in [3.63, 3.8) is 0 Å². The van der Waals surface area contributed by atoms with Gasteiger partial charge in [0.25, 0.3) is 10.0 Å². The molecule has 0 aliphatic heterocycles. The minimum Gasteiger partial charge on any atom is -0.497 e. The Balaban J connectivity index is 1.67. The second-order valence-electron chi connectivity index (χ2n) is 7.03. The van der Waals surface area contributed by atoms with Crippen LogP contribution in [0.2, 0.25) is 0 Å². The van der Waals surface area contributed by atoms with Gasteiger partial charge in [-0.15, -0.1) is 11.8 Å². The maximum Gasteiger partial charge on any atom is 0.264 e. The summed E-state index contributed by atoms with van der Waals surface area (Å²) < 4.78 is 32.9. The minimum atomic E-state index is -3.94.